The molecule has 0 bridgehead atoms. The highest BCUT2D eigenvalue weighted by atomic mass is 79.9. The third-order valence-electron chi connectivity index (χ3n) is 2.57. The van der Waals surface area contributed by atoms with E-state index in [9.17, 15) is 4.79 Å². The molecule has 2 rings (SSSR count). The lowest BCUT2D eigenvalue weighted by atomic mass is 10.0. The van der Waals surface area contributed by atoms with Crippen LogP contribution in [0.25, 0.3) is 0 Å². The highest BCUT2D eigenvalue weighted by Gasteiger charge is 2.15. The summed E-state index contributed by atoms with van der Waals surface area (Å²) in [4.78, 5) is 13.3. The van der Waals surface area contributed by atoms with Gasteiger partial charge in [0, 0.05) is 21.0 Å². The molecular weight excluding hydrogens is 320 g/mol. The number of halogens is 2. The van der Waals surface area contributed by atoms with Crippen molar-refractivity contribution in [2.45, 2.75) is 13.8 Å². The predicted octanol–water partition coefficient (Wildman–Crippen LogP) is 5.01. The Morgan fingerprint density at radius 2 is 2.00 bits per heavy atom. The fourth-order valence-corrected chi connectivity index (χ4v) is 3.43. The van der Waals surface area contributed by atoms with E-state index in [1.807, 2.05) is 32.0 Å². The molecule has 1 heterocycles. The molecule has 0 N–H and O–H groups in total. The van der Waals surface area contributed by atoms with E-state index in [0.29, 0.717) is 10.6 Å². The number of carbonyl (C=O) groups excluding carboxylic acids is 1. The number of rotatable bonds is 2. The Bertz CT molecular complexity index is 589. The first-order valence-corrected chi connectivity index (χ1v) is 7.04. The van der Waals surface area contributed by atoms with Crippen molar-refractivity contribution in [3.8, 4) is 0 Å². The van der Waals surface area contributed by atoms with Crippen molar-refractivity contribution < 1.29 is 4.79 Å². The first kappa shape index (κ1) is 12.8. The number of ketones is 1. The second-order valence-electron chi connectivity index (χ2n) is 3.81. The van der Waals surface area contributed by atoms with E-state index in [2.05, 4.69) is 15.9 Å². The number of hydrogen-bond acceptors (Lipinski definition) is 2. The van der Waals surface area contributed by atoms with Gasteiger partial charge >= 0.3 is 0 Å². The highest BCUT2D eigenvalue weighted by molar-refractivity contribution is 9.11. The van der Waals surface area contributed by atoms with Crippen molar-refractivity contribution in [3.05, 3.63) is 54.6 Å². The van der Waals surface area contributed by atoms with Crippen LogP contribution in [0, 0.1) is 13.8 Å². The van der Waals surface area contributed by atoms with Gasteiger partial charge in [0.15, 0.2) is 5.78 Å². The van der Waals surface area contributed by atoms with E-state index in [4.69, 9.17) is 11.6 Å². The smallest absolute Gasteiger partial charge is 0.194 e. The van der Waals surface area contributed by atoms with Crippen LogP contribution in [0.15, 0.2) is 28.1 Å². The number of benzene rings is 1. The molecule has 2 aromatic rings. The maximum Gasteiger partial charge on any atom is 0.194 e. The molecule has 1 nitrogen and oxygen atoms in total. The van der Waals surface area contributed by atoms with E-state index >= 15 is 0 Å². The Hall–Kier alpha value is -0.640. The van der Waals surface area contributed by atoms with Crippen LogP contribution in [0.3, 0.4) is 0 Å². The van der Waals surface area contributed by atoms with Gasteiger partial charge in [0.25, 0.3) is 0 Å². The predicted molar refractivity (Wildman–Crippen MR) is 76.4 cm³/mol. The average molecular weight is 330 g/mol. The Morgan fingerprint density at radius 1 is 1.29 bits per heavy atom. The summed E-state index contributed by atoms with van der Waals surface area (Å²) in [5, 5.41) is 0.628. The van der Waals surface area contributed by atoms with Crippen LogP contribution in [-0.2, 0) is 0 Å². The third-order valence-corrected chi connectivity index (χ3v) is 4.53. The summed E-state index contributed by atoms with van der Waals surface area (Å²) in [5.41, 5.74) is 2.35. The second kappa shape index (κ2) is 4.92. The lowest BCUT2D eigenvalue weighted by molar-refractivity contribution is 0.103. The molecule has 1 aromatic carbocycles. The summed E-state index contributed by atoms with van der Waals surface area (Å²) in [6.07, 6.45) is 0. The van der Waals surface area contributed by atoms with Gasteiger partial charge < -0.3 is 0 Å². The van der Waals surface area contributed by atoms with E-state index in [-0.39, 0.29) is 5.78 Å². The summed E-state index contributed by atoms with van der Waals surface area (Å²) >= 11 is 11.0. The van der Waals surface area contributed by atoms with Gasteiger partial charge in [0.1, 0.15) is 0 Å². The first-order valence-electron chi connectivity index (χ1n) is 5.06. The molecule has 1 aromatic heterocycles. The minimum atomic E-state index is 0.0198. The standard InChI is InChI=1S/C13H10BrClOS/c1-7-3-4-9(5-11(7)15)13(16)10-6-12(14)17-8(10)2/h3-6H,1-2H3. The maximum atomic E-state index is 12.3. The molecule has 4 heteroatoms. The minimum absolute atomic E-state index is 0.0198. The molecule has 0 amide bonds. The molecule has 0 saturated carbocycles. The van der Waals surface area contributed by atoms with E-state index < -0.39 is 0 Å². The molecule has 88 valence electrons. The lowest BCUT2D eigenvalue weighted by Crippen LogP contribution is -2.01. The Kier molecular flexibility index (Phi) is 3.71. The molecule has 0 fully saturated rings. The fourth-order valence-electron chi connectivity index (χ4n) is 1.56. The van der Waals surface area contributed by atoms with Gasteiger partial charge in [-0.2, -0.15) is 0 Å². The Labute approximate surface area is 118 Å². The van der Waals surface area contributed by atoms with Gasteiger partial charge in [-0.3, -0.25) is 4.79 Å². The van der Waals surface area contributed by atoms with Crippen LogP contribution < -0.4 is 0 Å². The molecule has 0 atom stereocenters. The van der Waals surface area contributed by atoms with Crippen LogP contribution in [0.4, 0.5) is 0 Å². The molecule has 0 aliphatic carbocycles. The van der Waals surface area contributed by atoms with Crippen LogP contribution in [0.1, 0.15) is 26.4 Å². The number of thiophene rings is 1. The number of aryl methyl sites for hydroxylation is 2. The topological polar surface area (TPSA) is 17.1 Å². The summed E-state index contributed by atoms with van der Waals surface area (Å²) in [5.74, 6) is 0.0198. The van der Waals surface area contributed by atoms with E-state index in [1.165, 1.54) is 0 Å². The van der Waals surface area contributed by atoms with Crippen LogP contribution in [0.5, 0.6) is 0 Å². The van der Waals surface area contributed by atoms with Gasteiger partial charge in [-0.05, 0) is 47.5 Å². The summed E-state index contributed by atoms with van der Waals surface area (Å²) in [7, 11) is 0. The third kappa shape index (κ3) is 2.62. The molecule has 0 unspecified atom stereocenters. The van der Waals surface area contributed by atoms with Gasteiger partial charge in [-0.25, -0.2) is 0 Å². The van der Waals surface area contributed by atoms with Crippen molar-refractivity contribution in [3.63, 3.8) is 0 Å². The zero-order valence-corrected chi connectivity index (χ0v) is 12.5. The fraction of sp³-hybridized carbons (Fsp3) is 0.154. The molecule has 0 aliphatic rings. The lowest BCUT2D eigenvalue weighted by Gasteiger charge is -2.03. The van der Waals surface area contributed by atoms with E-state index in [0.717, 1.165) is 19.8 Å². The zero-order valence-electron chi connectivity index (χ0n) is 9.38. The van der Waals surface area contributed by atoms with Gasteiger partial charge in [-0.15, -0.1) is 11.3 Å². The molecule has 0 radical (unpaired) electrons. The number of hydrogen-bond donors (Lipinski definition) is 0. The van der Waals surface area contributed by atoms with E-state index in [1.54, 1.807) is 17.4 Å². The number of carbonyl (C=O) groups is 1. The van der Waals surface area contributed by atoms with Crippen LogP contribution in [0.2, 0.25) is 5.02 Å². The molecule has 0 saturated heterocycles. The summed E-state index contributed by atoms with van der Waals surface area (Å²) in [6.45, 7) is 3.86. The van der Waals surface area contributed by atoms with Gasteiger partial charge in [0.05, 0.1) is 3.79 Å². The Balaban J connectivity index is 2.44. The van der Waals surface area contributed by atoms with Crippen molar-refractivity contribution in [1.29, 1.82) is 0 Å². The monoisotopic (exact) mass is 328 g/mol. The normalized spacial score (nSPS) is 10.6. The zero-order chi connectivity index (χ0) is 12.6. The summed E-state index contributed by atoms with van der Waals surface area (Å²) in [6, 6.07) is 7.27. The summed E-state index contributed by atoms with van der Waals surface area (Å²) < 4.78 is 0.969. The van der Waals surface area contributed by atoms with Gasteiger partial charge in [-0.1, -0.05) is 23.7 Å². The van der Waals surface area contributed by atoms with Crippen molar-refractivity contribution in [1.82, 2.24) is 0 Å². The highest BCUT2D eigenvalue weighted by Crippen LogP contribution is 2.29. The molecular formula is C13H10BrClOS. The molecule has 17 heavy (non-hydrogen) atoms. The SMILES string of the molecule is Cc1ccc(C(=O)c2cc(Br)sc2C)cc1Cl. The minimum Gasteiger partial charge on any atom is -0.289 e. The molecule has 0 spiro atoms. The van der Waals surface area contributed by atoms with Gasteiger partial charge in [0.2, 0.25) is 0 Å². The van der Waals surface area contributed by atoms with Crippen LogP contribution >= 0.6 is 38.9 Å². The quantitative estimate of drug-likeness (QED) is 0.708. The maximum absolute atomic E-state index is 12.3. The first-order chi connectivity index (χ1) is 7.99. The van der Waals surface area contributed by atoms with Crippen molar-refractivity contribution in [2.75, 3.05) is 0 Å². The molecule has 0 aliphatic heterocycles. The second-order valence-corrected chi connectivity index (χ2v) is 6.86. The van der Waals surface area contributed by atoms with Crippen molar-refractivity contribution in [2.24, 2.45) is 0 Å². The van der Waals surface area contributed by atoms with Crippen LogP contribution in [-0.4, -0.2) is 5.78 Å². The largest absolute Gasteiger partial charge is 0.289 e. The average Bonchev–Trinajstić information content (AvgIpc) is 2.61. The Morgan fingerprint density at radius 3 is 2.53 bits per heavy atom. The van der Waals surface area contributed by atoms with Crippen molar-refractivity contribution >= 4 is 44.7 Å².